The highest BCUT2D eigenvalue weighted by molar-refractivity contribution is 9.10. The van der Waals surface area contributed by atoms with Gasteiger partial charge in [0.1, 0.15) is 18.7 Å². The molecule has 0 radical (unpaired) electrons. The van der Waals surface area contributed by atoms with E-state index in [1.165, 1.54) is 4.68 Å². The molecule has 0 bridgehead atoms. The highest BCUT2D eigenvalue weighted by atomic mass is 79.9. The van der Waals surface area contributed by atoms with Crippen LogP contribution in [-0.4, -0.2) is 34.0 Å². The number of halogens is 1. The summed E-state index contributed by atoms with van der Waals surface area (Å²) in [7, 11) is 0. The topological polar surface area (TPSA) is 61.1 Å². The Bertz CT molecular complexity index is 844. The first-order valence-corrected chi connectivity index (χ1v) is 8.82. The Morgan fingerprint density at radius 1 is 1.04 bits per heavy atom. The Labute approximate surface area is 154 Å². The van der Waals surface area contributed by atoms with Crippen LogP contribution in [0.15, 0.2) is 70.2 Å². The lowest BCUT2D eigenvalue weighted by atomic mass is 10.3. The Balaban J connectivity index is 1.45. The molecule has 0 saturated carbocycles. The van der Waals surface area contributed by atoms with E-state index in [0.717, 1.165) is 15.9 Å². The van der Waals surface area contributed by atoms with Gasteiger partial charge in [0.15, 0.2) is 0 Å². The van der Waals surface area contributed by atoms with Crippen molar-refractivity contribution in [2.75, 3.05) is 19.7 Å². The van der Waals surface area contributed by atoms with E-state index in [4.69, 9.17) is 4.74 Å². The van der Waals surface area contributed by atoms with E-state index in [-0.39, 0.29) is 5.69 Å². The summed E-state index contributed by atoms with van der Waals surface area (Å²) in [5, 5.41) is 7.43. The quantitative estimate of drug-likeness (QED) is 0.587. The van der Waals surface area contributed by atoms with Crippen molar-refractivity contribution in [3.63, 3.8) is 0 Å². The van der Waals surface area contributed by atoms with Crippen LogP contribution < -0.4 is 15.7 Å². The molecule has 3 rings (SSSR count). The van der Waals surface area contributed by atoms with E-state index in [1.54, 1.807) is 10.9 Å². The third kappa shape index (κ3) is 4.80. The molecule has 130 valence electrons. The molecule has 2 aromatic carbocycles. The Kier molecular flexibility index (Phi) is 6.03. The van der Waals surface area contributed by atoms with E-state index < -0.39 is 0 Å². The zero-order valence-electron chi connectivity index (χ0n) is 13.6. The minimum atomic E-state index is -0.148. The van der Waals surface area contributed by atoms with Crippen molar-refractivity contribution < 1.29 is 4.74 Å². The summed E-state index contributed by atoms with van der Waals surface area (Å²) in [5.74, 6) is 0.858. The average molecular weight is 403 g/mol. The van der Waals surface area contributed by atoms with Gasteiger partial charge < -0.3 is 10.1 Å². The fourth-order valence-electron chi connectivity index (χ4n) is 2.33. The first-order chi connectivity index (χ1) is 12.2. The molecule has 0 spiro atoms. The Morgan fingerprint density at radius 3 is 2.56 bits per heavy atom. The highest BCUT2D eigenvalue weighted by Gasteiger charge is 2.06. The van der Waals surface area contributed by atoms with Crippen LogP contribution in [0.1, 0.15) is 0 Å². The van der Waals surface area contributed by atoms with E-state index in [9.17, 15) is 4.79 Å². The maximum absolute atomic E-state index is 12.4. The lowest BCUT2D eigenvalue weighted by molar-refractivity contribution is 0.313. The minimum absolute atomic E-state index is 0.148. The monoisotopic (exact) mass is 402 g/mol. The van der Waals surface area contributed by atoms with Gasteiger partial charge in [0.05, 0.1) is 5.69 Å². The summed E-state index contributed by atoms with van der Waals surface area (Å²) >= 11 is 3.38. The summed E-state index contributed by atoms with van der Waals surface area (Å²) in [6, 6.07) is 17.2. The number of para-hydroxylation sites is 1. The molecule has 0 fully saturated rings. The molecule has 1 heterocycles. The van der Waals surface area contributed by atoms with Crippen LogP contribution in [-0.2, 0) is 6.54 Å². The molecule has 1 N–H and O–H groups in total. The van der Waals surface area contributed by atoms with Crippen LogP contribution in [0.4, 0.5) is 0 Å². The predicted molar refractivity (Wildman–Crippen MR) is 100 cm³/mol. The summed E-state index contributed by atoms with van der Waals surface area (Å²) < 4.78 is 9.55. The molecule has 0 atom stereocenters. The van der Waals surface area contributed by atoms with Crippen LogP contribution >= 0.6 is 15.9 Å². The fourth-order valence-corrected chi connectivity index (χ4v) is 2.59. The van der Waals surface area contributed by atoms with E-state index in [0.29, 0.717) is 26.2 Å². The number of nitrogens with one attached hydrogen (secondary N) is 1. The molecule has 0 aliphatic carbocycles. The first-order valence-electron chi connectivity index (χ1n) is 8.03. The van der Waals surface area contributed by atoms with Gasteiger partial charge in [-0.3, -0.25) is 4.57 Å². The number of ether oxygens (including phenoxy) is 1. The fraction of sp³-hybridized carbons (Fsp3) is 0.222. The second-order valence-electron chi connectivity index (χ2n) is 5.41. The largest absolute Gasteiger partial charge is 0.492 e. The zero-order valence-corrected chi connectivity index (χ0v) is 15.2. The molecule has 1 aromatic heterocycles. The predicted octanol–water partition coefficient (Wildman–Crippen LogP) is 2.47. The molecule has 0 aliphatic rings. The summed E-state index contributed by atoms with van der Waals surface area (Å²) in [6.45, 7) is 2.52. The number of hydrogen-bond donors (Lipinski definition) is 1. The van der Waals surface area contributed by atoms with Crippen molar-refractivity contribution in [2.45, 2.75) is 6.54 Å². The molecule has 0 unspecified atom stereocenters. The molecule has 0 aliphatic heterocycles. The molecular formula is C18H19BrN4O2. The van der Waals surface area contributed by atoms with Crippen molar-refractivity contribution >= 4 is 15.9 Å². The number of nitrogens with zero attached hydrogens (tertiary/aromatic N) is 3. The van der Waals surface area contributed by atoms with Gasteiger partial charge in [0, 0.05) is 24.1 Å². The van der Waals surface area contributed by atoms with Gasteiger partial charge in [0.25, 0.3) is 0 Å². The van der Waals surface area contributed by atoms with E-state index in [1.807, 2.05) is 54.6 Å². The van der Waals surface area contributed by atoms with Gasteiger partial charge >= 0.3 is 5.69 Å². The molecule has 6 nitrogen and oxygen atoms in total. The third-order valence-electron chi connectivity index (χ3n) is 3.62. The van der Waals surface area contributed by atoms with Crippen LogP contribution in [0.25, 0.3) is 5.69 Å². The van der Waals surface area contributed by atoms with Crippen LogP contribution in [0.5, 0.6) is 5.75 Å². The zero-order chi connectivity index (χ0) is 17.5. The summed E-state index contributed by atoms with van der Waals surface area (Å²) in [4.78, 5) is 12.4. The first kappa shape index (κ1) is 17.4. The number of rotatable bonds is 8. The van der Waals surface area contributed by atoms with Gasteiger partial charge in [-0.2, -0.15) is 9.78 Å². The molecule has 0 amide bonds. The van der Waals surface area contributed by atoms with Crippen molar-refractivity contribution in [3.8, 4) is 11.4 Å². The van der Waals surface area contributed by atoms with E-state index in [2.05, 4.69) is 26.3 Å². The van der Waals surface area contributed by atoms with Crippen molar-refractivity contribution in [1.29, 1.82) is 0 Å². The van der Waals surface area contributed by atoms with Crippen molar-refractivity contribution in [3.05, 3.63) is 75.9 Å². The summed E-state index contributed by atoms with van der Waals surface area (Å²) in [5.41, 5.74) is 0.598. The molecule has 0 saturated heterocycles. The van der Waals surface area contributed by atoms with Gasteiger partial charge in [-0.15, -0.1) is 0 Å². The second kappa shape index (κ2) is 8.64. The van der Waals surface area contributed by atoms with Gasteiger partial charge in [0.2, 0.25) is 0 Å². The maximum atomic E-state index is 12.4. The lowest BCUT2D eigenvalue weighted by Gasteiger charge is -2.07. The minimum Gasteiger partial charge on any atom is -0.492 e. The number of hydrogen-bond acceptors (Lipinski definition) is 4. The van der Waals surface area contributed by atoms with E-state index >= 15 is 0 Å². The Hall–Kier alpha value is -2.38. The normalized spacial score (nSPS) is 10.8. The Morgan fingerprint density at radius 2 is 1.80 bits per heavy atom. The molecule has 3 aromatic rings. The van der Waals surface area contributed by atoms with Crippen LogP contribution in [0.3, 0.4) is 0 Å². The van der Waals surface area contributed by atoms with Gasteiger partial charge in [-0.25, -0.2) is 4.79 Å². The van der Waals surface area contributed by atoms with Gasteiger partial charge in [-0.05, 0) is 36.4 Å². The van der Waals surface area contributed by atoms with Gasteiger partial charge in [-0.1, -0.05) is 34.1 Å². The molecule has 25 heavy (non-hydrogen) atoms. The SMILES string of the molecule is O=c1n(CCNCCOc2ccccc2)cnn1-c1ccc(Br)cc1. The number of benzene rings is 2. The van der Waals surface area contributed by atoms with Crippen molar-refractivity contribution in [2.24, 2.45) is 0 Å². The van der Waals surface area contributed by atoms with Crippen LogP contribution in [0, 0.1) is 0 Å². The lowest BCUT2D eigenvalue weighted by Crippen LogP contribution is -2.30. The second-order valence-corrected chi connectivity index (χ2v) is 6.32. The van der Waals surface area contributed by atoms with Crippen molar-refractivity contribution in [1.82, 2.24) is 19.7 Å². The average Bonchev–Trinajstić information content (AvgIpc) is 3.00. The summed E-state index contributed by atoms with van der Waals surface area (Å²) in [6.07, 6.45) is 1.56. The third-order valence-corrected chi connectivity index (χ3v) is 4.15. The smallest absolute Gasteiger partial charge is 0.350 e. The van der Waals surface area contributed by atoms with Crippen LogP contribution in [0.2, 0.25) is 0 Å². The maximum Gasteiger partial charge on any atom is 0.350 e. The standard InChI is InChI=1S/C18H19BrN4O2/c19-15-6-8-16(9-7-15)23-18(24)22(14-21-23)12-10-20-11-13-25-17-4-2-1-3-5-17/h1-9,14,20H,10-13H2. The highest BCUT2D eigenvalue weighted by Crippen LogP contribution is 2.11. The number of aromatic nitrogens is 3. The molecular weight excluding hydrogens is 384 g/mol. The molecule has 7 heteroatoms.